The zero-order chi connectivity index (χ0) is 23.8. The quantitative estimate of drug-likeness (QED) is 0.456. The summed E-state index contributed by atoms with van der Waals surface area (Å²) in [5.74, 6) is 0.433. The Bertz CT molecular complexity index is 1260. The SMILES string of the molecule is Cc1cc(O)c(CN2CCN(c3ccc(F)cc3)CC2)c2c1C(=O)/C(=C/c1ccc(Br)cc1)O2. The van der Waals surface area contributed by atoms with Crippen molar-refractivity contribution in [1.82, 2.24) is 4.90 Å². The van der Waals surface area contributed by atoms with Crippen LogP contribution in [0.1, 0.15) is 27.0 Å². The summed E-state index contributed by atoms with van der Waals surface area (Å²) in [6.07, 6.45) is 1.73. The summed E-state index contributed by atoms with van der Waals surface area (Å²) in [4.78, 5) is 17.6. The maximum atomic E-state index is 13.2. The summed E-state index contributed by atoms with van der Waals surface area (Å²) < 4.78 is 20.2. The molecule has 0 bridgehead atoms. The molecule has 3 aromatic carbocycles. The number of fused-ring (bicyclic) bond motifs is 1. The zero-order valence-corrected chi connectivity index (χ0v) is 20.3. The molecule has 0 unspecified atom stereocenters. The molecular formula is C27H24BrFN2O3. The number of carbonyl (C=O) groups is 1. The molecule has 1 fully saturated rings. The van der Waals surface area contributed by atoms with E-state index in [4.69, 9.17) is 4.74 Å². The molecule has 0 saturated carbocycles. The summed E-state index contributed by atoms with van der Waals surface area (Å²) in [6.45, 7) is 5.41. The number of aryl methyl sites for hydroxylation is 1. The molecule has 5 rings (SSSR count). The van der Waals surface area contributed by atoms with Crippen molar-refractivity contribution in [1.29, 1.82) is 0 Å². The largest absolute Gasteiger partial charge is 0.507 e. The number of carbonyl (C=O) groups excluding carboxylic acids is 1. The highest BCUT2D eigenvalue weighted by Gasteiger charge is 2.34. The van der Waals surface area contributed by atoms with Crippen LogP contribution in [0.25, 0.3) is 6.08 Å². The zero-order valence-electron chi connectivity index (χ0n) is 18.7. The van der Waals surface area contributed by atoms with E-state index in [-0.39, 0.29) is 23.1 Å². The van der Waals surface area contributed by atoms with E-state index in [1.54, 1.807) is 24.3 Å². The summed E-state index contributed by atoms with van der Waals surface area (Å²) in [6, 6.07) is 15.8. The van der Waals surface area contributed by atoms with Gasteiger partial charge in [-0.25, -0.2) is 4.39 Å². The number of ether oxygens (including phenoxy) is 1. The number of ketones is 1. The molecule has 174 valence electrons. The van der Waals surface area contributed by atoms with Crippen molar-refractivity contribution < 1.29 is 19.0 Å². The van der Waals surface area contributed by atoms with Crippen molar-refractivity contribution in [2.24, 2.45) is 0 Å². The normalized spacial score (nSPS) is 17.2. The fraction of sp³-hybridized carbons (Fsp3) is 0.222. The summed E-state index contributed by atoms with van der Waals surface area (Å²) >= 11 is 3.42. The molecule has 0 amide bonds. The molecule has 2 aliphatic rings. The van der Waals surface area contributed by atoms with Gasteiger partial charge >= 0.3 is 0 Å². The number of Topliss-reactive ketones (excluding diaryl/α,β-unsaturated/α-hetero) is 1. The van der Waals surface area contributed by atoms with Gasteiger partial charge in [-0.3, -0.25) is 9.69 Å². The van der Waals surface area contributed by atoms with Gasteiger partial charge in [0.05, 0.1) is 11.1 Å². The number of rotatable bonds is 4. The van der Waals surface area contributed by atoms with Crippen LogP contribution in [0.5, 0.6) is 11.5 Å². The Morgan fingerprint density at radius 2 is 1.74 bits per heavy atom. The fourth-order valence-corrected chi connectivity index (χ4v) is 4.75. The minimum absolute atomic E-state index is 0.134. The molecule has 0 aliphatic carbocycles. The number of aromatic hydroxyl groups is 1. The fourth-order valence-electron chi connectivity index (χ4n) is 4.48. The van der Waals surface area contributed by atoms with Crippen LogP contribution in [-0.2, 0) is 6.54 Å². The van der Waals surface area contributed by atoms with Crippen LogP contribution in [0, 0.1) is 12.7 Å². The Morgan fingerprint density at radius 3 is 2.41 bits per heavy atom. The summed E-state index contributed by atoms with van der Waals surface area (Å²) in [5, 5.41) is 10.7. The van der Waals surface area contributed by atoms with E-state index in [0.717, 1.165) is 41.9 Å². The Kier molecular flexibility index (Phi) is 6.15. The highest BCUT2D eigenvalue weighted by atomic mass is 79.9. The minimum atomic E-state index is -0.241. The highest BCUT2D eigenvalue weighted by molar-refractivity contribution is 9.10. The molecule has 3 aromatic rings. The number of hydrogen-bond acceptors (Lipinski definition) is 5. The van der Waals surface area contributed by atoms with Gasteiger partial charge in [-0.1, -0.05) is 28.1 Å². The van der Waals surface area contributed by atoms with Gasteiger partial charge in [0.25, 0.3) is 0 Å². The van der Waals surface area contributed by atoms with Crippen LogP contribution >= 0.6 is 15.9 Å². The van der Waals surface area contributed by atoms with Crippen LogP contribution in [0.15, 0.2) is 64.8 Å². The van der Waals surface area contributed by atoms with Crippen molar-refractivity contribution in [3.05, 3.63) is 92.9 Å². The van der Waals surface area contributed by atoms with Crippen LogP contribution in [0.4, 0.5) is 10.1 Å². The predicted octanol–water partition coefficient (Wildman–Crippen LogP) is 5.54. The Balaban J connectivity index is 1.35. The number of phenolic OH excluding ortho intramolecular Hbond substituents is 1. The number of anilines is 1. The standard InChI is InChI=1S/C27H24BrFN2O3/c1-17-14-23(32)22(16-30-10-12-31(13-11-30)21-8-6-20(29)7-9-21)27-25(17)26(33)24(34-27)15-18-2-4-19(28)5-3-18/h2-9,14-15,32H,10-13,16H2,1H3/b24-15-. The van der Waals surface area contributed by atoms with E-state index >= 15 is 0 Å². The lowest BCUT2D eigenvalue weighted by atomic mass is 9.99. The summed E-state index contributed by atoms with van der Waals surface area (Å²) in [7, 11) is 0. The van der Waals surface area contributed by atoms with Gasteiger partial charge in [-0.2, -0.15) is 0 Å². The van der Waals surface area contributed by atoms with Crippen molar-refractivity contribution in [3.8, 4) is 11.5 Å². The first-order valence-electron chi connectivity index (χ1n) is 11.2. The molecule has 0 atom stereocenters. The Morgan fingerprint density at radius 1 is 1.06 bits per heavy atom. The van der Waals surface area contributed by atoms with Crippen molar-refractivity contribution in [2.75, 3.05) is 31.1 Å². The minimum Gasteiger partial charge on any atom is -0.507 e. The molecule has 5 nitrogen and oxygen atoms in total. The molecule has 34 heavy (non-hydrogen) atoms. The predicted molar refractivity (Wildman–Crippen MR) is 134 cm³/mol. The van der Waals surface area contributed by atoms with Gasteiger partial charge < -0.3 is 14.7 Å². The first-order valence-corrected chi connectivity index (χ1v) is 12.0. The Labute approximate surface area is 206 Å². The summed E-state index contributed by atoms with van der Waals surface area (Å²) in [5.41, 5.74) is 3.70. The maximum Gasteiger partial charge on any atom is 0.232 e. The molecule has 0 radical (unpaired) electrons. The molecule has 2 heterocycles. The van der Waals surface area contributed by atoms with E-state index in [1.807, 2.05) is 31.2 Å². The number of piperazine rings is 1. The molecule has 0 spiro atoms. The second kappa shape index (κ2) is 9.24. The maximum absolute atomic E-state index is 13.2. The third-order valence-corrected chi connectivity index (χ3v) is 6.86. The van der Waals surface area contributed by atoms with E-state index in [0.29, 0.717) is 29.0 Å². The van der Waals surface area contributed by atoms with Crippen LogP contribution in [0.2, 0.25) is 0 Å². The van der Waals surface area contributed by atoms with Gasteiger partial charge in [0.2, 0.25) is 5.78 Å². The van der Waals surface area contributed by atoms with Crippen LogP contribution < -0.4 is 9.64 Å². The van der Waals surface area contributed by atoms with Crippen molar-refractivity contribution >= 4 is 33.5 Å². The number of nitrogens with zero attached hydrogens (tertiary/aromatic N) is 2. The lowest BCUT2D eigenvalue weighted by molar-refractivity contribution is 0.101. The number of benzene rings is 3. The molecule has 0 aromatic heterocycles. The first kappa shape index (κ1) is 22.6. The molecule has 2 aliphatic heterocycles. The average molecular weight is 523 g/mol. The number of allylic oxidation sites excluding steroid dienone is 1. The average Bonchev–Trinajstić information content (AvgIpc) is 3.15. The smallest absolute Gasteiger partial charge is 0.232 e. The molecular weight excluding hydrogens is 499 g/mol. The van der Waals surface area contributed by atoms with Crippen molar-refractivity contribution in [3.63, 3.8) is 0 Å². The Hall–Kier alpha value is -3.16. The van der Waals surface area contributed by atoms with Gasteiger partial charge in [-0.15, -0.1) is 0 Å². The lowest BCUT2D eigenvalue weighted by Crippen LogP contribution is -2.46. The third kappa shape index (κ3) is 4.45. The number of hydrogen-bond donors (Lipinski definition) is 1. The van der Waals surface area contributed by atoms with Gasteiger partial charge in [0.15, 0.2) is 5.76 Å². The monoisotopic (exact) mass is 522 g/mol. The number of halogens is 2. The van der Waals surface area contributed by atoms with E-state index < -0.39 is 0 Å². The highest BCUT2D eigenvalue weighted by Crippen LogP contribution is 2.42. The van der Waals surface area contributed by atoms with Crippen LogP contribution in [-0.4, -0.2) is 42.0 Å². The topological polar surface area (TPSA) is 53.0 Å². The van der Waals surface area contributed by atoms with Gasteiger partial charge in [0, 0.05) is 42.9 Å². The molecule has 1 N–H and O–H groups in total. The van der Waals surface area contributed by atoms with E-state index in [1.165, 1.54) is 12.1 Å². The molecule has 7 heteroatoms. The third-order valence-electron chi connectivity index (χ3n) is 6.33. The van der Waals surface area contributed by atoms with Crippen molar-refractivity contribution in [2.45, 2.75) is 13.5 Å². The number of phenols is 1. The van der Waals surface area contributed by atoms with Crippen LogP contribution in [0.3, 0.4) is 0 Å². The van der Waals surface area contributed by atoms with E-state index in [9.17, 15) is 14.3 Å². The lowest BCUT2D eigenvalue weighted by Gasteiger charge is -2.36. The second-order valence-corrected chi connectivity index (χ2v) is 9.54. The van der Waals surface area contributed by atoms with Gasteiger partial charge in [0.1, 0.15) is 17.3 Å². The second-order valence-electron chi connectivity index (χ2n) is 8.63. The van der Waals surface area contributed by atoms with E-state index in [2.05, 4.69) is 25.7 Å². The first-order chi connectivity index (χ1) is 16.4. The van der Waals surface area contributed by atoms with Gasteiger partial charge in [-0.05, 0) is 66.6 Å². The molecule has 1 saturated heterocycles.